The molecule has 0 unspecified atom stereocenters. The van der Waals surface area contributed by atoms with Crippen molar-refractivity contribution in [2.45, 2.75) is 13.8 Å². The van der Waals surface area contributed by atoms with Gasteiger partial charge in [-0.2, -0.15) is 0 Å². The number of rotatable bonds is 7. The van der Waals surface area contributed by atoms with Crippen molar-refractivity contribution < 1.29 is 33.4 Å². The summed E-state index contributed by atoms with van der Waals surface area (Å²) in [4.78, 5) is 44.6. The number of ketones is 1. The van der Waals surface area contributed by atoms with E-state index in [2.05, 4.69) is 10.2 Å². The number of nitrogens with one attached hydrogen (secondary N) is 2. The summed E-state index contributed by atoms with van der Waals surface area (Å²) in [6.07, 6.45) is 0. The molecule has 0 radical (unpaired) electrons. The quantitative estimate of drug-likeness (QED) is 0.407. The molecule has 0 aliphatic carbocycles. The van der Waals surface area contributed by atoms with Crippen molar-refractivity contribution in [3.05, 3.63) is 23.8 Å². The van der Waals surface area contributed by atoms with Crippen molar-refractivity contribution in [3.63, 3.8) is 0 Å². The van der Waals surface area contributed by atoms with Gasteiger partial charge in [-0.25, -0.2) is 4.79 Å². The van der Waals surface area contributed by atoms with Crippen LogP contribution in [0.25, 0.3) is 0 Å². The van der Waals surface area contributed by atoms with E-state index in [4.69, 9.17) is 9.47 Å². The van der Waals surface area contributed by atoms with Crippen LogP contribution in [-0.2, 0) is 19.1 Å². The molecule has 9 heteroatoms. The number of esters is 1. The summed E-state index contributed by atoms with van der Waals surface area (Å²) in [5.41, 5.74) is 4.53. The summed E-state index contributed by atoms with van der Waals surface area (Å²) in [6, 6.07) is 4.52. The highest BCUT2D eigenvalue weighted by Crippen LogP contribution is 2.28. The number of carbonyl (C=O) groups excluding carboxylic acids is 4. The van der Waals surface area contributed by atoms with E-state index < -0.39 is 31.0 Å². The molecule has 9 nitrogen and oxygen atoms in total. The number of carbonyl (C=O) groups is 4. The van der Waals surface area contributed by atoms with Crippen molar-refractivity contribution >= 4 is 23.6 Å². The Balaban J connectivity index is 2.48. The van der Waals surface area contributed by atoms with E-state index in [1.54, 1.807) is 0 Å². The Labute approximate surface area is 138 Å². The van der Waals surface area contributed by atoms with Gasteiger partial charge in [0.1, 0.15) is 0 Å². The molecule has 0 aliphatic rings. The third-order valence-electron chi connectivity index (χ3n) is 2.66. The SMILES string of the molecule is COc1cc(C(C)=O)ccc1OCC(=O)OCC(=O)NNC(C)=O. The number of Topliss-reactive ketones (excluding diaryl/α,β-unsaturated/α-hetero) is 1. The van der Waals surface area contributed by atoms with Crippen LogP contribution in [0.3, 0.4) is 0 Å². The van der Waals surface area contributed by atoms with Gasteiger partial charge in [-0.05, 0) is 25.1 Å². The lowest BCUT2D eigenvalue weighted by Gasteiger charge is -2.11. The van der Waals surface area contributed by atoms with E-state index in [9.17, 15) is 19.2 Å². The molecule has 0 atom stereocenters. The van der Waals surface area contributed by atoms with E-state index in [1.807, 2.05) is 5.43 Å². The molecular weight excluding hydrogens is 320 g/mol. The van der Waals surface area contributed by atoms with Gasteiger partial charge in [0.15, 0.2) is 30.5 Å². The highest BCUT2D eigenvalue weighted by molar-refractivity contribution is 5.94. The van der Waals surface area contributed by atoms with Crippen LogP contribution in [0.4, 0.5) is 0 Å². The summed E-state index contributed by atoms with van der Waals surface area (Å²) < 4.78 is 15.0. The van der Waals surface area contributed by atoms with Crippen LogP contribution < -0.4 is 20.3 Å². The van der Waals surface area contributed by atoms with Crippen LogP contribution >= 0.6 is 0 Å². The molecule has 0 spiro atoms. The average Bonchev–Trinajstić information content (AvgIpc) is 2.55. The Morgan fingerprint density at radius 1 is 1.00 bits per heavy atom. The summed E-state index contributed by atoms with van der Waals surface area (Å²) in [5, 5.41) is 0. The Bertz CT molecular complexity index is 643. The van der Waals surface area contributed by atoms with E-state index in [1.165, 1.54) is 39.2 Å². The monoisotopic (exact) mass is 338 g/mol. The second-order valence-electron chi connectivity index (χ2n) is 4.60. The van der Waals surface area contributed by atoms with Crippen LogP contribution in [0.1, 0.15) is 24.2 Å². The van der Waals surface area contributed by atoms with Gasteiger partial charge >= 0.3 is 5.97 Å². The minimum Gasteiger partial charge on any atom is -0.493 e. The Morgan fingerprint density at radius 2 is 1.71 bits per heavy atom. The van der Waals surface area contributed by atoms with Crippen molar-refractivity contribution in [3.8, 4) is 11.5 Å². The largest absolute Gasteiger partial charge is 0.493 e. The fourth-order valence-corrected chi connectivity index (χ4v) is 1.52. The van der Waals surface area contributed by atoms with Crippen molar-refractivity contribution in [2.24, 2.45) is 0 Å². The van der Waals surface area contributed by atoms with Gasteiger partial charge in [0, 0.05) is 12.5 Å². The number of amides is 2. The predicted molar refractivity (Wildman–Crippen MR) is 81.4 cm³/mol. The molecule has 24 heavy (non-hydrogen) atoms. The first-order chi connectivity index (χ1) is 11.3. The van der Waals surface area contributed by atoms with Gasteiger partial charge in [0.2, 0.25) is 5.91 Å². The number of benzene rings is 1. The molecule has 0 heterocycles. The Morgan fingerprint density at radius 3 is 2.29 bits per heavy atom. The molecule has 2 amide bonds. The van der Waals surface area contributed by atoms with Crippen LogP contribution in [-0.4, -0.2) is 43.9 Å². The zero-order valence-electron chi connectivity index (χ0n) is 13.5. The molecule has 0 aromatic heterocycles. The van der Waals surface area contributed by atoms with Gasteiger partial charge < -0.3 is 14.2 Å². The predicted octanol–water partition coefficient (Wildman–Crippen LogP) is -0.0129. The molecule has 1 aromatic rings. The summed E-state index contributed by atoms with van der Waals surface area (Å²) in [5.74, 6) is -1.53. The van der Waals surface area contributed by atoms with Crippen molar-refractivity contribution in [1.29, 1.82) is 0 Å². The normalized spacial score (nSPS) is 9.62. The Kier molecular flexibility index (Phi) is 7.21. The fraction of sp³-hybridized carbons (Fsp3) is 0.333. The highest BCUT2D eigenvalue weighted by atomic mass is 16.6. The zero-order valence-corrected chi connectivity index (χ0v) is 13.5. The van der Waals surface area contributed by atoms with Gasteiger partial charge in [-0.3, -0.25) is 25.2 Å². The topological polar surface area (TPSA) is 120 Å². The van der Waals surface area contributed by atoms with E-state index in [0.717, 1.165) is 0 Å². The lowest BCUT2D eigenvalue weighted by atomic mass is 10.1. The van der Waals surface area contributed by atoms with E-state index >= 15 is 0 Å². The van der Waals surface area contributed by atoms with Crippen molar-refractivity contribution in [1.82, 2.24) is 10.9 Å². The average molecular weight is 338 g/mol. The number of hydrazine groups is 1. The lowest BCUT2D eigenvalue weighted by Crippen LogP contribution is -2.42. The minimum absolute atomic E-state index is 0.135. The molecule has 0 fully saturated rings. The van der Waals surface area contributed by atoms with Gasteiger partial charge in [0.05, 0.1) is 7.11 Å². The number of ether oxygens (including phenoxy) is 3. The maximum absolute atomic E-state index is 11.5. The molecule has 0 saturated heterocycles. The van der Waals surface area contributed by atoms with Crippen LogP contribution in [0, 0.1) is 0 Å². The lowest BCUT2D eigenvalue weighted by molar-refractivity contribution is -0.150. The third kappa shape index (κ3) is 6.34. The van der Waals surface area contributed by atoms with Crippen molar-refractivity contribution in [2.75, 3.05) is 20.3 Å². The standard InChI is InChI=1S/C15H18N2O7/c1-9(18)11-4-5-12(13(6-11)22-3)23-8-15(21)24-7-14(20)17-16-10(2)19/h4-6H,7-8H2,1-3H3,(H,16,19)(H,17,20). The maximum Gasteiger partial charge on any atom is 0.344 e. The first kappa shape index (κ1) is 18.9. The van der Waals surface area contributed by atoms with Gasteiger partial charge in [0.25, 0.3) is 5.91 Å². The van der Waals surface area contributed by atoms with Crippen LogP contribution in [0.15, 0.2) is 18.2 Å². The second-order valence-corrected chi connectivity index (χ2v) is 4.60. The third-order valence-corrected chi connectivity index (χ3v) is 2.66. The highest BCUT2D eigenvalue weighted by Gasteiger charge is 2.12. The van der Waals surface area contributed by atoms with E-state index in [0.29, 0.717) is 11.3 Å². The summed E-state index contributed by atoms with van der Waals surface area (Å²) >= 11 is 0. The fourth-order valence-electron chi connectivity index (χ4n) is 1.52. The molecule has 0 saturated carbocycles. The van der Waals surface area contributed by atoms with Crippen LogP contribution in [0.2, 0.25) is 0 Å². The van der Waals surface area contributed by atoms with Gasteiger partial charge in [-0.1, -0.05) is 0 Å². The first-order valence-corrected chi connectivity index (χ1v) is 6.86. The molecule has 0 bridgehead atoms. The summed E-state index contributed by atoms with van der Waals surface area (Å²) in [7, 11) is 1.40. The van der Waals surface area contributed by atoms with Gasteiger partial charge in [-0.15, -0.1) is 0 Å². The number of hydrogen-bond acceptors (Lipinski definition) is 7. The molecule has 1 rings (SSSR count). The number of hydrogen-bond donors (Lipinski definition) is 2. The second kappa shape index (κ2) is 9.13. The molecule has 1 aromatic carbocycles. The number of methoxy groups -OCH3 is 1. The maximum atomic E-state index is 11.5. The van der Waals surface area contributed by atoms with Crippen LogP contribution in [0.5, 0.6) is 11.5 Å². The summed E-state index contributed by atoms with van der Waals surface area (Å²) in [6.45, 7) is 1.61. The molecular formula is C15H18N2O7. The molecule has 0 aliphatic heterocycles. The van der Waals surface area contributed by atoms with E-state index in [-0.39, 0.29) is 11.5 Å². The first-order valence-electron chi connectivity index (χ1n) is 6.86. The minimum atomic E-state index is -0.786. The zero-order chi connectivity index (χ0) is 18.1. The molecule has 130 valence electrons. The smallest absolute Gasteiger partial charge is 0.344 e. The molecule has 2 N–H and O–H groups in total. The Hall–Kier alpha value is -3.10.